The van der Waals surface area contributed by atoms with Gasteiger partial charge in [-0.2, -0.15) is 0 Å². The molecule has 2 nitrogen and oxygen atoms in total. The third-order valence-electron chi connectivity index (χ3n) is 4.92. The van der Waals surface area contributed by atoms with Gasteiger partial charge in [0.15, 0.2) is 0 Å². The summed E-state index contributed by atoms with van der Waals surface area (Å²) in [5, 5.41) is 0.799. The van der Waals surface area contributed by atoms with Crippen LogP contribution in [0.4, 0.5) is 0 Å². The number of fused-ring (bicyclic) bond motifs is 2. The van der Waals surface area contributed by atoms with Gasteiger partial charge in [-0.05, 0) is 54.7 Å². The Labute approximate surface area is 112 Å². The normalized spacial score (nSPS) is 33.8. The molecule has 1 aromatic rings. The lowest BCUT2D eigenvalue weighted by molar-refractivity contribution is 0.339. The van der Waals surface area contributed by atoms with Crippen LogP contribution in [-0.4, -0.2) is 6.61 Å². The maximum Gasteiger partial charge on any atom is 0.127 e. The van der Waals surface area contributed by atoms with E-state index in [1.54, 1.807) is 0 Å². The Kier molecular flexibility index (Phi) is 2.40. The van der Waals surface area contributed by atoms with Crippen molar-refractivity contribution in [1.29, 1.82) is 0 Å². The topological polar surface area (TPSA) is 35.2 Å². The molecule has 3 atom stereocenters. The molecule has 0 spiro atoms. The van der Waals surface area contributed by atoms with E-state index < -0.39 is 0 Å². The second kappa shape index (κ2) is 3.88. The lowest BCUT2D eigenvalue weighted by Gasteiger charge is -2.23. The van der Waals surface area contributed by atoms with Crippen molar-refractivity contribution in [2.24, 2.45) is 23.5 Å². The molecular formula is C15H18ClNO. The molecule has 2 fully saturated rings. The van der Waals surface area contributed by atoms with Crippen molar-refractivity contribution in [2.45, 2.75) is 31.7 Å². The smallest absolute Gasteiger partial charge is 0.127 e. The van der Waals surface area contributed by atoms with Crippen molar-refractivity contribution in [3.63, 3.8) is 0 Å². The summed E-state index contributed by atoms with van der Waals surface area (Å²) in [5.41, 5.74) is 8.86. The molecule has 96 valence electrons. The molecule has 0 bridgehead atoms. The number of hydrogen-bond acceptors (Lipinski definition) is 2. The zero-order valence-corrected chi connectivity index (χ0v) is 11.1. The van der Waals surface area contributed by atoms with Gasteiger partial charge in [0.1, 0.15) is 5.75 Å². The van der Waals surface area contributed by atoms with E-state index in [-0.39, 0.29) is 6.04 Å². The summed E-state index contributed by atoms with van der Waals surface area (Å²) in [5.74, 6) is 3.58. The summed E-state index contributed by atoms with van der Waals surface area (Å²) in [4.78, 5) is 0. The number of nitrogens with two attached hydrogens (primary N) is 1. The predicted molar refractivity (Wildman–Crippen MR) is 71.9 cm³/mol. The number of hydrogen-bond donors (Lipinski definition) is 1. The average molecular weight is 264 g/mol. The highest BCUT2D eigenvalue weighted by Gasteiger charge is 2.47. The lowest BCUT2D eigenvalue weighted by atomic mass is 9.88. The van der Waals surface area contributed by atoms with E-state index in [1.807, 2.05) is 12.1 Å². The highest BCUT2D eigenvalue weighted by atomic mass is 35.5. The second-order valence-corrected chi connectivity index (χ2v) is 6.53. The number of ether oxygens (including phenoxy) is 1. The predicted octanol–water partition coefficient (Wildman–Crippen LogP) is 3.32. The molecule has 0 aromatic heterocycles. The first-order valence-corrected chi connectivity index (χ1v) is 7.31. The van der Waals surface area contributed by atoms with Crippen LogP contribution in [0.25, 0.3) is 0 Å². The summed E-state index contributed by atoms with van der Waals surface area (Å²) < 4.78 is 5.76. The van der Waals surface area contributed by atoms with Crippen LogP contribution in [0.1, 0.15) is 36.4 Å². The molecular weight excluding hydrogens is 246 g/mol. The minimum Gasteiger partial charge on any atom is -0.493 e. The van der Waals surface area contributed by atoms with Crippen molar-refractivity contribution in [1.82, 2.24) is 0 Å². The summed E-state index contributed by atoms with van der Waals surface area (Å²) in [6, 6.07) is 4.13. The molecule has 2 N–H and O–H groups in total. The van der Waals surface area contributed by atoms with Crippen LogP contribution in [0.3, 0.4) is 0 Å². The van der Waals surface area contributed by atoms with E-state index in [1.165, 1.54) is 24.8 Å². The Morgan fingerprint density at radius 2 is 2.00 bits per heavy atom. The molecule has 0 saturated heterocycles. The van der Waals surface area contributed by atoms with Crippen molar-refractivity contribution >= 4 is 11.6 Å². The van der Waals surface area contributed by atoms with Crippen LogP contribution >= 0.6 is 11.6 Å². The maximum absolute atomic E-state index is 6.49. The van der Waals surface area contributed by atoms with Crippen LogP contribution in [0, 0.1) is 17.8 Å². The summed E-state index contributed by atoms with van der Waals surface area (Å²) >= 11 is 6.21. The van der Waals surface area contributed by atoms with Gasteiger partial charge >= 0.3 is 0 Å². The molecule has 1 aliphatic heterocycles. The number of rotatable bonds is 2. The van der Waals surface area contributed by atoms with Gasteiger partial charge in [0.05, 0.1) is 6.61 Å². The van der Waals surface area contributed by atoms with Gasteiger partial charge in [0.25, 0.3) is 0 Å². The minimum atomic E-state index is 0.100. The van der Waals surface area contributed by atoms with Crippen molar-refractivity contribution in [2.75, 3.05) is 6.61 Å². The Morgan fingerprint density at radius 1 is 1.22 bits per heavy atom. The van der Waals surface area contributed by atoms with Crippen molar-refractivity contribution in [3.8, 4) is 5.75 Å². The minimum absolute atomic E-state index is 0.100. The summed E-state index contributed by atoms with van der Waals surface area (Å²) in [6.45, 7) is 0.769. The van der Waals surface area contributed by atoms with Gasteiger partial charge < -0.3 is 10.5 Å². The van der Waals surface area contributed by atoms with E-state index in [4.69, 9.17) is 22.1 Å². The monoisotopic (exact) mass is 263 g/mol. The molecule has 0 amide bonds. The van der Waals surface area contributed by atoms with Crippen LogP contribution in [0.5, 0.6) is 5.75 Å². The van der Waals surface area contributed by atoms with Gasteiger partial charge in [-0.1, -0.05) is 11.6 Å². The highest BCUT2D eigenvalue weighted by molar-refractivity contribution is 6.30. The molecule has 1 heterocycles. The molecule has 0 radical (unpaired) electrons. The molecule has 2 aliphatic carbocycles. The van der Waals surface area contributed by atoms with Gasteiger partial charge in [-0.3, -0.25) is 0 Å². The van der Waals surface area contributed by atoms with Crippen LogP contribution in [0.2, 0.25) is 5.02 Å². The van der Waals surface area contributed by atoms with Gasteiger partial charge in [0, 0.05) is 23.0 Å². The molecule has 4 rings (SSSR count). The van der Waals surface area contributed by atoms with Crippen molar-refractivity contribution in [3.05, 3.63) is 28.3 Å². The molecule has 3 heteroatoms. The first kappa shape index (κ1) is 11.1. The number of benzene rings is 1. The van der Waals surface area contributed by atoms with Gasteiger partial charge in [-0.25, -0.2) is 0 Å². The van der Waals surface area contributed by atoms with E-state index in [2.05, 4.69) is 0 Å². The Hall–Kier alpha value is -0.730. The SMILES string of the molecule is NC(c1cc(Cl)cc2c1OCC2)C1CC2CC2C1. The first-order valence-electron chi connectivity index (χ1n) is 6.93. The molecule has 3 aliphatic rings. The highest BCUT2D eigenvalue weighted by Crippen LogP contribution is 2.57. The van der Waals surface area contributed by atoms with E-state index in [9.17, 15) is 0 Å². The van der Waals surface area contributed by atoms with Crippen LogP contribution in [0.15, 0.2) is 12.1 Å². The van der Waals surface area contributed by atoms with Gasteiger partial charge in [-0.15, -0.1) is 0 Å². The molecule has 2 saturated carbocycles. The lowest BCUT2D eigenvalue weighted by Crippen LogP contribution is -2.21. The summed E-state index contributed by atoms with van der Waals surface area (Å²) in [7, 11) is 0. The Balaban J connectivity index is 1.67. The average Bonchev–Trinajstić information content (AvgIpc) is 2.80. The van der Waals surface area contributed by atoms with Crippen LogP contribution in [-0.2, 0) is 6.42 Å². The zero-order valence-electron chi connectivity index (χ0n) is 10.4. The Morgan fingerprint density at radius 3 is 2.78 bits per heavy atom. The maximum atomic E-state index is 6.49. The fourth-order valence-electron chi connectivity index (χ4n) is 3.85. The van der Waals surface area contributed by atoms with Gasteiger partial charge in [0.2, 0.25) is 0 Å². The fraction of sp³-hybridized carbons (Fsp3) is 0.600. The van der Waals surface area contributed by atoms with E-state index >= 15 is 0 Å². The first-order chi connectivity index (χ1) is 8.72. The number of halogens is 1. The Bertz CT molecular complexity index is 492. The summed E-state index contributed by atoms with van der Waals surface area (Å²) in [6.07, 6.45) is 5.00. The van der Waals surface area contributed by atoms with Crippen molar-refractivity contribution < 1.29 is 4.74 Å². The van der Waals surface area contributed by atoms with E-state index in [0.717, 1.165) is 41.2 Å². The molecule has 1 aromatic carbocycles. The largest absolute Gasteiger partial charge is 0.493 e. The standard InChI is InChI=1S/C15H18ClNO/c16-12-6-8-1-2-18-15(8)13(7-12)14(17)11-4-9-3-10(9)5-11/h6-7,9-11,14H,1-5,17H2. The van der Waals surface area contributed by atoms with E-state index in [0.29, 0.717) is 5.92 Å². The molecule has 18 heavy (non-hydrogen) atoms. The third kappa shape index (κ3) is 1.66. The third-order valence-corrected chi connectivity index (χ3v) is 5.14. The second-order valence-electron chi connectivity index (χ2n) is 6.09. The molecule has 3 unspecified atom stereocenters. The fourth-order valence-corrected chi connectivity index (χ4v) is 4.10. The quantitative estimate of drug-likeness (QED) is 0.888. The zero-order chi connectivity index (χ0) is 12.3. The van der Waals surface area contributed by atoms with Crippen LogP contribution < -0.4 is 10.5 Å².